The van der Waals surface area contributed by atoms with E-state index in [0.29, 0.717) is 5.92 Å². The van der Waals surface area contributed by atoms with E-state index in [0.717, 1.165) is 11.4 Å². The number of rotatable bonds is 3. The summed E-state index contributed by atoms with van der Waals surface area (Å²) in [5, 5.41) is 0.772. The van der Waals surface area contributed by atoms with Gasteiger partial charge < -0.3 is 5.73 Å². The van der Waals surface area contributed by atoms with Gasteiger partial charge in [0.25, 0.3) is 0 Å². The lowest BCUT2D eigenvalue weighted by Gasteiger charge is -2.19. The third-order valence-electron chi connectivity index (χ3n) is 2.57. The monoisotopic (exact) mass is 211 g/mol. The van der Waals surface area contributed by atoms with Gasteiger partial charge in [0.05, 0.1) is 0 Å². The van der Waals surface area contributed by atoms with Gasteiger partial charge >= 0.3 is 0 Å². The van der Waals surface area contributed by atoms with Gasteiger partial charge in [-0.05, 0) is 35.6 Å². The molecule has 1 nitrogen and oxygen atoms in total. The van der Waals surface area contributed by atoms with Gasteiger partial charge in [0, 0.05) is 11.1 Å². The first-order valence-electron chi connectivity index (χ1n) is 5.10. The molecule has 2 heteroatoms. The molecule has 0 unspecified atom stereocenters. The second-order valence-corrected chi connectivity index (χ2v) is 4.40. The fraction of sp³-hybridized carbons (Fsp3) is 0.500. The van der Waals surface area contributed by atoms with E-state index < -0.39 is 0 Å². The van der Waals surface area contributed by atoms with E-state index in [1.54, 1.807) is 0 Å². The molecule has 0 bridgehead atoms. The third kappa shape index (κ3) is 2.49. The highest BCUT2D eigenvalue weighted by Gasteiger charge is 2.13. The molecule has 0 heterocycles. The summed E-state index contributed by atoms with van der Waals surface area (Å²) in [6.07, 6.45) is 1.01. The van der Waals surface area contributed by atoms with Crippen molar-refractivity contribution in [3.63, 3.8) is 0 Å². The van der Waals surface area contributed by atoms with E-state index in [2.05, 4.69) is 26.8 Å². The molecule has 1 aromatic carbocycles. The van der Waals surface area contributed by atoms with Crippen LogP contribution in [0, 0.1) is 5.92 Å². The van der Waals surface area contributed by atoms with Gasteiger partial charge in [-0.1, -0.05) is 38.4 Å². The lowest BCUT2D eigenvalue weighted by molar-refractivity contribution is 0.511. The highest BCUT2D eigenvalue weighted by molar-refractivity contribution is 6.30. The molecular weight excluding hydrogens is 194 g/mol. The lowest BCUT2D eigenvalue weighted by atomic mass is 9.92. The van der Waals surface area contributed by atoms with Gasteiger partial charge in [-0.3, -0.25) is 0 Å². The van der Waals surface area contributed by atoms with Gasteiger partial charge in [0.1, 0.15) is 0 Å². The molecule has 78 valence electrons. The van der Waals surface area contributed by atoms with Crippen LogP contribution in [0.5, 0.6) is 0 Å². The highest BCUT2D eigenvalue weighted by Crippen LogP contribution is 2.25. The summed E-state index contributed by atoms with van der Waals surface area (Å²) in [5.74, 6) is 0.443. The Hall–Kier alpha value is -0.530. The van der Waals surface area contributed by atoms with Crippen molar-refractivity contribution in [3.05, 3.63) is 34.3 Å². The van der Waals surface area contributed by atoms with Crippen LogP contribution in [-0.4, -0.2) is 0 Å². The van der Waals surface area contributed by atoms with Crippen molar-refractivity contribution in [2.75, 3.05) is 0 Å². The minimum absolute atomic E-state index is 0.0867. The predicted octanol–water partition coefficient (Wildman–Crippen LogP) is 3.56. The Balaban J connectivity index is 3.10. The number of benzene rings is 1. The number of nitrogens with two attached hydrogens (primary N) is 1. The molecule has 1 atom stereocenters. The van der Waals surface area contributed by atoms with Crippen LogP contribution >= 0.6 is 11.6 Å². The van der Waals surface area contributed by atoms with Gasteiger partial charge in [0.2, 0.25) is 0 Å². The van der Waals surface area contributed by atoms with Crippen molar-refractivity contribution >= 4 is 11.6 Å². The first-order valence-corrected chi connectivity index (χ1v) is 5.48. The normalized spacial score (nSPS) is 13.3. The Morgan fingerprint density at radius 2 is 2.00 bits per heavy atom. The van der Waals surface area contributed by atoms with Crippen molar-refractivity contribution in [1.82, 2.24) is 0 Å². The lowest BCUT2D eigenvalue weighted by Crippen LogP contribution is -2.18. The summed E-state index contributed by atoms with van der Waals surface area (Å²) >= 11 is 5.97. The number of hydrogen-bond donors (Lipinski definition) is 1. The average Bonchev–Trinajstić information content (AvgIpc) is 2.16. The third-order valence-corrected chi connectivity index (χ3v) is 2.80. The van der Waals surface area contributed by atoms with E-state index in [4.69, 9.17) is 17.3 Å². The summed E-state index contributed by atoms with van der Waals surface area (Å²) in [6, 6.07) is 6.07. The summed E-state index contributed by atoms with van der Waals surface area (Å²) in [5.41, 5.74) is 8.62. The van der Waals surface area contributed by atoms with E-state index >= 15 is 0 Å². The average molecular weight is 212 g/mol. The van der Waals surface area contributed by atoms with Crippen LogP contribution in [0.3, 0.4) is 0 Å². The topological polar surface area (TPSA) is 26.0 Å². The molecule has 0 aliphatic carbocycles. The quantitative estimate of drug-likeness (QED) is 0.813. The number of aryl methyl sites for hydroxylation is 1. The summed E-state index contributed by atoms with van der Waals surface area (Å²) < 4.78 is 0. The maximum absolute atomic E-state index is 6.12. The minimum atomic E-state index is 0.0867. The summed E-state index contributed by atoms with van der Waals surface area (Å²) in [7, 11) is 0. The van der Waals surface area contributed by atoms with Gasteiger partial charge in [-0.2, -0.15) is 0 Å². The van der Waals surface area contributed by atoms with Crippen LogP contribution in [0.1, 0.15) is 37.9 Å². The molecule has 0 saturated heterocycles. The Labute approximate surface area is 91.3 Å². The van der Waals surface area contributed by atoms with Crippen molar-refractivity contribution in [2.45, 2.75) is 33.2 Å². The first-order chi connectivity index (χ1) is 6.56. The van der Waals surface area contributed by atoms with Crippen molar-refractivity contribution in [1.29, 1.82) is 0 Å². The summed E-state index contributed by atoms with van der Waals surface area (Å²) in [4.78, 5) is 0. The van der Waals surface area contributed by atoms with Crippen LogP contribution < -0.4 is 5.73 Å². The second-order valence-electron chi connectivity index (χ2n) is 3.97. The van der Waals surface area contributed by atoms with Gasteiger partial charge in [-0.25, -0.2) is 0 Å². The fourth-order valence-corrected chi connectivity index (χ4v) is 1.74. The van der Waals surface area contributed by atoms with E-state index in [1.807, 2.05) is 12.1 Å². The standard InChI is InChI=1S/C12H18ClN/c1-4-9-5-6-10(13)7-11(9)12(14)8(2)3/h5-8,12H,4,14H2,1-3H3/t12-/m1/s1. The molecule has 14 heavy (non-hydrogen) atoms. The highest BCUT2D eigenvalue weighted by atomic mass is 35.5. The van der Waals surface area contributed by atoms with Gasteiger partial charge in [0.15, 0.2) is 0 Å². The van der Waals surface area contributed by atoms with Crippen LogP contribution in [0.25, 0.3) is 0 Å². The SMILES string of the molecule is CCc1ccc(Cl)cc1[C@H](N)C(C)C. The smallest absolute Gasteiger partial charge is 0.0409 e. The Morgan fingerprint density at radius 1 is 1.36 bits per heavy atom. The van der Waals surface area contributed by atoms with Crippen LogP contribution in [0.4, 0.5) is 0 Å². The largest absolute Gasteiger partial charge is 0.324 e. The molecule has 0 amide bonds. The molecule has 0 fully saturated rings. The van der Waals surface area contributed by atoms with Crippen molar-refractivity contribution in [3.8, 4) is 0 Å². The molecule has 0 saturated carbocycles. The zero-order chi connectivity index (χ0) is 10.7. The zero-order valence-corrected chi connectivity index (χ0v) is 9.81. The molecule has 0 aliphatic heterocycles. The van der Waals surface area contributed by atoms with E-state index in [9.17, 15) is 0 Å². The van der Waals surface area contributed by atoms with Crippen LogP contribution in [0.2, 0.25) is 5.02 Å². The molecule has 0 aliphatic rings. The van der Waals surface area contributed by atoms with Crippen LogP contribution in [-0.2, 0) is 6.42 Å². The van der Waals surface area contributed by atoms with E-state index in [1.165, 1.54) is 11.1 Å². The first kappa shape index (κ1) is 11.5. The maximum Gasteiger partial charge on any atom is 0.0409 e. The Bertz CT molecular complexity index is 307. The van der Waals surface area contributed by atoms with Crippen LogP contribution in [0.15, 0.2) is 18.2 Å². The molecular formula is C12H18ClN. The van der Waals surface area contributed by atoms with Crippen molar-refractivity contribution in [2.24, 2.45) is 11.7 Å². The molecule has 0 spiro atoms. The Kier molecular flexibility index (Phi) is 3.97. The zero-order valence-electron chi connectivity index (χ0n) is 9.05. The Morgan fingerprint density at radius 3 is 2.50 bits per heavy atom. The second kappa shape index (κ2) is 4.81. The fourth-order valence-electron chi connectivity index (χ4n) is 1.56. The van der Waals surface area contributed by atoms with Crippen molar-refractivity contribution < 1.29 is 0 Å². The van der Waals surface area contributed by atoms with Gasteiger partial charge in [-0.15, -0.1) is 0 Å². The number of hydrogen-bond acceptors (Lipinski definition) is 1. The molecule has 0 radical (unpaired) electrons. The molecule has 1 aromatic rings. The molecule has 2 N–H and O–H groups in total. The minimum Gasteiger partial charge on any atom is -0.324 e. The molecule has 1 rings (SSSR count). The number of halogens is 1. The van der Waals surface area contributed by atoms with E-state index in [-0.39, 0.29) is 6.04 Å². The molecule has 0 aromatic heterocycles. The predicted molar refractivity (Wildman–Crippen MR) is 62.6 cm³/mol. The maximum atomic E-state index is 6.12. The summed E-state index contributed by atoms with van der Waals surface area (Å²) in [6.45, 7) is 6.40.